The van der Waals surface area contributed by atoms with Gasteiger partial charge in [-0.25, -0.2) is 0 Å². The molecule has 0 aliphatic carbocycles. The van der Waals surface area contributed by atoms with Crippen LogP contribution in [0.1, 0.15) is 41.1 Å². The summed E-state index contributed by atoms with van der Waals surface area (Å²) in [4.78, 5) is 12.2. The lowest BCUT2D eigenvalue weighted by Gasteiger charge is -2.16. The van der Waals surface area contributed by atoms with Crippen molar-refractivity contribution in [3.63, 3.8) is 0 Å². The molecule has 1 aromatic carbocycles. The molecule has 7 heteroatoms. The van der Waals surface area contributed by atoms with Gasteiger partial charge in [0.2, 0.25) is 0 Å². The van der Waals surface area contributed by atoms with Gasteiger partial charge in [-0.15, -0.1) is 0 Å². The monoisotopic (exact) mass is 302 g/mol. The highest BCUT2D eigenvalue weighted by atomic mass is 16.5. The number of ether oxygens (including phenoxy) is 2. The summed E-state index contributed by atoms with van der Waals surface area (Å²) < 4.78 is 11.3. The van der Waals surface area contributed by atoms with Gasteiger partial charge in [0.1, 0.15) is 0 Å². The summed E-state index contributed by atoms with van der Waals surface area (Å²) in [6, 6.07) is 5.52. The van der Waals surface area contributed by atoms with Gasteiger partial charge in [0.25, 0.3) is 5.91 Å². The van der Waals surface area contributed by atoms with Gasteiger partial charge in [-0.3, -0.25) is 4.79 Å². The summed E-state index contributed by atoms with van der Waals surface area (Å²) >= 11 is 0. The van der Waals surface area contributed by atoms with Crippen LogP contribution in [0.5, 0.6) is 11.5 Å². The lowest BCUT2D eigenvalue weighted by molar-refractivity contribution is 0.0934. The molecular weight excluding hydrogens is 284 g/mol. The largest absolute Gasteiger partial charge is 0.490 e. The first-order valence-corrected chi connectivity index (χ1v) is 7.23. The lowest BCUT2D eigenvalue weighted by Crippen LogP contribution is -2.27. The zero-order chi connectivity index (χ0) is 15.5. The molecule has 1 unspecified atom stereocenters. The van der Waals surface area contributed by atoms with Crippen molar-refractivity contribution in [2.75, 3.05) is 13.2 Å². The Morgan fingerprint density at radius 2 is 2.05 bits per heavy atom. The summed E-state index contributed by atoms with van der Waals surface area (Å²) in [5.74, 6) is 1.20. The maximum absolute atomic E-state index is 12.2. The van der Waals surface area contributed by atoms with Gasteiger partial charge < -0.3 is 14.8 Å². The molecular formula is C15H18N4O3. The smallest absolute Gasteiger partial charge is 0.274 e. The maximum atomic E-state index is 12.2. The van der Waals surface area contributed by atoms with Crippen LogP contribution in [-0.4, -0.2) is 34.5 Å². The Balaban J connectivity index is 1.75. The van der Waals surface area contributed by atoms with E-state index in [4.69, 9.17) is 9.47 Å². The Kier molecular flexibility index (Phi) is 3.95. The molecule has 3 rings (SSSR count). The van der Waals surface area contributed by atoms with Crippen molar-refractivity contribution in [3.05, 3.63) is 35.2 Å². The second-order valence-electron chi connectivity index (χ2n) is 5.21. The summed E-state index contributed by atoms with van der Waals surface area (Å²) in [7, 11) is 0. The Morgan fingerprint density at radius 3 is 2.77 bits per heavy atom. The molecule has 1 amide bonds. The molecule has 2 heterocycles. The number of hydrogen-bond donors (Lipinski definition) is 2. The van der Waals surface area contributed by atoms with Crippen LogP contribution in [-0.2, 0) is 0 Å². The molecule has 1 atom stereocenters. The SMILES string of the molecule is Cc1n[nH]nc1C(=O)NC(C)c1ccc2c(c1)OCCCO2. The molecule has 0 saturated carbocycles. The second kappa shape index (κ2) is 6.05. The average molecular weight is 302 g/mol. The van der Waals surface area contributed by atoms with Crippen LogP contribution in [0.3, 0.4) is 0 Å². The fraction of sp³-hybridized carbons (Fsp3) is 0.400. The molecule has 1 aromatic heterocycles. The molecule has 0 bridgehead atoms. The molecule has 1 aliphatic rings. The van der Waals surface area contributed by atoms with Crippen molar-refractivity contribution < 1.29 is 14.3 Å². The van der Waals surface area contributed by atoms with Crippen molar-refractivity contribution >= 4 is 5.91 Å². The van der Waals surface area contributed by atoms with E-state index in [1.165, 1.54) is 0 Å². The van der Waals surface area contributed by atoms with Crippen LogP contribution in [0.25, 0.3) is 0 Å². The number of nitrogens with one attached hydrogen (secondary N) is 2. The van der Waals surface area contributed by atoms with E-state index in [0.29, 0.717) is 30.4 Å². The van der Waals surface area contributed by atoms with E-state index in [0.717, 1.165) is 17.7 Å². The van der Waals surface area contributed by atoms with Crippen molar-refractivity contribution in [2.24, 2.45) is 0 Å². The standard InChI is InChI=1S/C15H18N4O3/c1-9(16-15(20)14-10(2)17-19-18-14)11-4-5-12-13(8-11)22-7-3-6-21-12/h4-5,8-9H,3,6-7H2,1-2H3,(H,16,20)(H,17,18,19). The molecule has 0 radical (unpaired) electrons. The molecule has 22 heavy (non-hydrogen) atoms. The molecule has 0 fully saturated rings. The Bertz CT molecular complexity index is 683. The number of hydrogen-bond acceptors (Lipinski definition) is 5. The highest BCUT2D eigenvalue weighted by molar-refractivity contribution is 5.93. The number of aromatic amines is 1. The third kappa shape index (κ3) is 2.88. The topological polar surface area (TPSA) is 89.1 Å². The summed E-state index contributed by atoms with van der Waals surface area (Å²) in [5, 5.41) is 13.1. The van der Waals surface area contributed by atoms with E-state index in [9.17, 15) is 4.79 Å². The van der Waals surface area contributed by atoms with Crippen LogP contribution in [0.2, 0.25) is 0 Å². The van der Waals surface area contributed by atoms with Crippen molar-refractivity contribution in [3.8, 4) is 11.5 Å². The molecule has 7 nitrogen and oxygen atoms in total. The van der Waals surface area contributed by atoms with Gasteiger partial charge in [-0.2, -0.15) is 15.4 Å². The Labute approximate surface area is 128 Å². The van der Waals surface area contributed by atoms with Gasteiger partial charge in [-0.05, 0) is 31.5 Å². The quantitative estimate of drug-likeness (QED) is 0.902. The number of aryl methyl sites for hydroxylation is 1. The predicted molar refractivity (Wildman–Crippen MR) is 79.0 cm³/mol. The summed E-state index contributed by atoms with van der Waals surface area (Å²) in [5.41, 5.74) is 1.82. The number of rotatable bonds is 3. The zero-order valence-corrected chi connectivity index (χ0v) is 12.5. The molecule has 0 saturated heterocycles. The normalized spacial score (nSPS) is 15.0. The summed E-state index contributed by atoms with van der Waals surface area (Å²) in [6.07, 6.45) is 0.863. The van der Waals surface area contributed by atoms with Crippen LogP contribution in [0.15, 0.2) is 18.2 Å². The van der Waals surface area contributed by atoms with Gasteiger partial charge in [0, 0.05) is 6.42 Å². The van der Waals surface area contributed by atoms with Gasteiger partial charge in [0.15, 0.2) is 17.2 Å². The third-order valence-corrected chi connectivity index (χ3v) is 3.56. The number of amides is 1. The minimum Gasteiger partial charge on any atom is -0.490 e. The van der Waals surface area contributed by atoms with Crippen LogP contribution >= 0.6 is 0 Å². The minimum absolute atomic E-state index is 0.180. The molecule has 0 spiro atoms. The molecule has 1 aliphatic heterocycles. The predicted octanol–water partition coefficient (Wildman–Crippen LogP) is 1.77. The van der Waals surface area contributed by atoms with Crippen molar-refractivity contribution in [1.29, 1.82) is 0 Å². The van der Waals surface area contributed by atoms with Crippen LogP contribution < -0.4 is 14.8 Å². The van der Waals surface area contributed by atoms with E-state index < -0.39 is 0 Å². The first-order valence-electron chi connectivity index (χ1n) is 7.23. The third-order valence-electron chi connectivity index (χ3n) is 3.56. The van der Waals surface area contributed by atoms with Crippen LogP contribution in [0.4, 0.5) is 0 Å². The first-order chi connectivity index (χ1) is 10.6. The molecule has 2 N–H and O–H groups in total. The lowest BCUT2D eigenvalue weighted by atomic mass is 10.1. The maximum Gasteiger partial charge on any atom is 0.274 e. The highest BCUT2D eigenvalue weighted by Crippen LogP contribution is 2.32. The van der Waals surface area contributed by atoms with E-state index in [-0.39, 0.29) is 11.9 Å². The fourth-order valence-corrected chi connectivity index (χ4v) is 2.30. The minimum atomic E-state index is -0.258. The number of benzene rings is 1. The number of carbonyl (C=O) groups excluding carboxylic acids is 1. The number of fused-ring (bicyclic) bond motifs is 1. The number of nitrogens with zero attached hydrogens (tertiary/aromatic N) is 2. The van der Waals surface area contributed by atoms with E-state index in [1.807, 2.05) is 25.1 Å². The van der Waals surface area contributed by atoms with Crippen molar-refractivity contribution in [1.82, 2.24) is 20.7 Å². The van der Waals surface area contributed by atoms with E-state index in [2.05, 4.69) is 20.7 Å². The Hall–Kier alpha value is -2.57. The van der Waals surface area contributed by atoms with Gasteiger partial charge in [0.05, 0.1) is 24.9 Å². The zero-order valence-electron chi connectivity index (χ0n) is 12.5. The van der Waals surface area contributed by atoms with E-state index >= 15 is 0 Å². The molecule has 116 valence electrons. The van der Waals surface area contributed by atoms with E-state index in [1.54, 1.807) is 6.92 Å². The van der Waals surface area contributed by atoms with Crippen molar-refractivity contribution in [2.45, 2.75) is 26.3 Å². The van der Waals surface area contributed by atoms with Gasteiger partial charge >= 0.3 is 0 Å². The number of aromatic nitrogens is 3. The number of H-pyrrole nitrogens is 1. The fourth-order valence-electron chi connectivity index (χ4n) is 2.30. The molecule has 2 aromatic rings. The second-order valence-corrected chi connectivity index (χ2v) is 5.21. The highest BCUT2D eigenvalue weighted by Gasteiger charge is 2.18. The average Bonchev–Trinajstić information content (AvgIpc) is 2.80. The van der Waals surface area contributed by atoms with Gasteiger partial charge in [-0.1, -0.05) is 6.07 Å². The number of carbonyl (C=O) groups is 1. The Morgan fingerprint density at radius 1 is 1.27 bits per heavy atom. The van der Waals surface area contributed by atoms with Crippen LogP contribution in [0, 0.1) is 6.92 Å². The first kappa shape index (κ1) is 14.4. The summed E-state index contributed by atoms with van der Waals surface area (Å²) in [6.45, 7) is 4.93.